The maximum Gasteiger partial charge on any atom is 0.213 e. The van der Waals surface area contributed by atoms with E-state index in [0.29, 0.717) is 16.9 Å². The Bertz CT molecular complexity index is 575. The number of ether oxygens (including phenoxy) is 1. The van der Waals surface area contributed by atoms with Crippen LogP contribution in [0.4, 0.5) is 5.69 Å². The molecule has 0 N–H and O–H groups in total. The zero-order valence-corrected chi connectivity index (χ0v) is 11.6. The lowest BCUT2D eigenvalue weighted by molar-refractivity contribution is -0.104. The molecular weight excluding hydrogens is 242 g/mol. The van der Waals surface area contributed by atoms with E-state index < -0.39 is 5.60 Å². The average Bonchev–Trinajstić information content (AvgIpc) is 2.60. The van der Waals surface area contributed by atoms with Gasteiger partial charge in [-0.05, 0) is 37.6 Å². The molecule has 1 unspecified atom stereocenters. The van der Waals surface area contributed by atoms with Crippen LogP contribution in [0.1, 0.15) is 24.2 Å². The average molecular weight is 259 g/mol. The monoisotopic (exact) mass is 259 g/mol. The number of benzene rings is 1. The quantitative estimate of drug-likeness (QED) is 0.617. The van der Waals surface area contributed by atoms with Crippen molar-refractivity contribution in [2.45, 2.75) is 19.4 Å². The number of aldehydes is 1. The molecule has 0 bridgehead atoms. The third-order valence-electron chi connectivity index (χ3n) is 3.19. The maximum absolute atomic E-state index is 12.4. The van der Waals surface area contributed by atoms with Crippen LogP contribution < -0.4 is 9.64 Å². The zero-order valence-electron chi connectivity index (χ0n) is 11.6. The van der Waals surface area contributed by atoms with Gasteiger partial charge in [0.1, 0.15) is 12.0 Å². The summed E-state index contributed by atoms with van der Waals surface area (Å²) >= 11 is 0. The molecule has 0 radical (unpaired) electrons. The van der Waals surface area contributed by atoms with Gasteiger partial charge in [0.2, 0.25) is 5.78 Å². The fourth-order valence-electron chi connectivity index (χ4n) is 2.17. The molecule has 1 atom stereocenters. The Labute approximate surface area is 112 Å². The molecule has 19 heavy (non-hydrogen) atoms. The Kier molecular flexibility index (Phi) is 3.18. The Balaban J connectivity index is 2.44. The highest BCUT2D eigenvalue weighted by Gasteiger charge is 2.42. The van der Waals surface area contributed by atoms with Crippen LogP contribution in [0.3, 0.4) is 0 Å². The van der Waals surface area contributed by atoms with Crippen molar-refractivity contribution in [1.29, 1.82) is 0 Å². The molecular formula is C15H17NO3. The normalized spacial score (nSPS) is 21.9. The molecule has 2 rings (SSSR count). The van der Waals surface area contributed by atoms with E-state index in [1.165, 1.54) is 0 Å². The first-order chi connectivity index (χ1) is 8.87. The molecule has 1 aromatic carbocycles. The van der Waals surface area contributed by atoms with E-state index in [1.807, 2.05) is 31.1 Å². The molecule has 0 aromatic heterocycles. The Hall–Kier alpha value is -2.10. The largest absolute Gasteiger partial charge is 0.474 e. The number of nitrogens with zero attached hydrogens (tertiary/aromatic N) is 1. The van der Waals surface area contributed by atoms with Crippen LogP contribution in [0.15, 0.2) is 29.8 Å². The minimum absolute atomic E-state index is 0.117. The van der Waals surface area contributed by atoms with Crippen molar-refractivity contribution in [3.63, 3.8) is 0 Å². The Morgan fingerprint density at radius 1 is 1.37 bits per heavy atom. The standard InChI is InChI=1S/C15H17NO3/c1-10(9-17)8-15(2)14(18)12-6-5-11(16(3)4)7-13(12)19-15/h5-9H,1-4H3/b10-8+. The molecule has 0 amide bonds. The van der Waals surface area contributed by atoms with Crippen LogP contribution in [0.25, 0.3) is 0 Å². The molecule has 0 fully saturated rings. The summed E-state index contributed by atoms with van der Waals surface area (Å²) in [6, 6.07) is 5.48. The van der Waals surface area contributed by atoms with Gasteiger partial charge in [0.25, 0.3) is 0 Å². The van der Waals surface area contributed by atoms with E-state index >= 15 is 0 Å². The SMILES string of the molecule is C/C(C=O)=C\C1(C)Oc2cc(N(C)C)ccc2C1=O. The Morgan fingerprint density at radius 2 is 2.05 bits per heavy atom. The van der Waals surface area contributed by atoms with Gasteiger partial charge >= 0.3 is 0 Å². The van der Waals surface area contributed by atoms with Crippen LogP contribution in [-0.4, -0.2) is 31.8 Å². The van der Waals surface area contributed by atoms with Crippen LogP contribution in [-0.2, 0) is 4.79 Å². The molecule has 1 aromatic rings. The summed E-state index contributed by atoms with van der Waals surface area (Å²) in [6.07, 6.45) is 2.29. The minimum Gasteiger partial charge on any atom is -0.474 e. The fourth-order valence-corrected chi connectivity index (χ4v) is 2.17. The van der Waals surface area contributed by atoms with Gasteiger partial charge in [-0.1, -0.05) is 0 Å². The van der Waals surface area contributed by atoms with Crippen molar-refractivity contribution >= 4 is 17.8 Å². The first-order valence-corrected chi connectivity index (χ1v) is 6.07. The number of allylic oxidation sites excluding steroid dienone is 1. The highest BCUT2D eigenvalue weighted by Crippen LogP contribution is 2.38. The van der Waals surface area contributed by atoms with E-state index in [2.05, 4.69) is 0 Å². The third-order valence-corrected chi connectivity index (χ3v) is 3.19. The summed E-state index contributed by atoms with van der Waals surface area (Å²) in [5.41, 5.74) is 0.921. The number of carbonyl (C=O) groups is 2. The topological polar surface area (TPSA) is 46.6 Å². The van der Waals surface area contributed by atoms with Gasteiger partial charge in [-0.25, -0.2) is 0 Å². The van der Waals surface area contributed by atoms with Crippen molar-refractivity contribution in [2.24, 2.45) is 0 Å². The second kappa shape index (κ2) is 4.53. The lowest BCUT2D eigenvalue weighted by Crippen LogP contribution is -2.34. The second-order valence-electron chi connectivity index (χ2n) is 5.12. The van der Waals surface area contributed by atoms with E-state index in [0.717, 1.165) is 12.0 Å². The Morgan fingerprint density at radius 3 is 2.63 bits per heavy atom. The van der Waals surface area contributed by atoms with Crippen molar-refractivity contribution in [3.05, 3.63) is 35.4 Å². The molecule has 1 heterocycles. The van der Waals surface area contributed by atoms with E-state index in [-0.39, 0.29) is 5.78 Å². The van der Waals surface area contributed by atoms with Gasteiger partial charge in [-0.15, -0.1) is 0 Å². The van der Waals surface area contributed by atoms with Gasteiger partial charge < -0.3 is 9.64 Å². The number of carbonyl (C=O) groups excluding carboxylic acids is 2. The molecule has 4 nitrogen and oxygen atoms in total. The zero-order chi connectivity index (χ0) is 14.2. The van der Waals surface area contributed by atoms with Crippen LogP contribution in [0.2, 0.25) is 0 Å². The smallest absolute Gasteiger partial charge is 0.213 e. The highest BCUT2D eigenvalue weighted by molar-refractivity contribution is 6.09. The predicted octanol–water partition coefficient (Wildman–Crippen LogP) is 2.23. The first kappa shape index (κ1) is 13.3. The van der Waals surface area contributed by atoms with E-state index in [9.17, 15) is 9.59 Å². The molecule has 100 valence electrons. The summed E-state index contributed by atoms with van der Waals surface area (Å²) in [5.74, 6) is 0.447. The minimum atomic E-state index is -1.09. The molecule has 4 heteroatoms. The maximum atomic E-state index is 12.4. The van der Waals surface area contributed by atoms with Crippen LogP contribution in [0, 0.1) is 0 Å². The number of ketones is 1. The summed E-state index contributed by atoms with van der Waals surface area (Å²) in [6.45, 7) is 3.33. The number of rotatable bonds is 3. The van der Waals surface area contributed by atoms with Gasteiger partial charge in [0.15, 0.2) is 5.60 Å². The number of Topliss-reactive ketones (excluding diaryl/α,β-unsaturated/α-hetero) is 1. The molecule has 0 saturated carbocycles. The second-order valence-corrected chi connectivity index (χ2v) is 5.12. The van der Waals surface area contributed by atoms with Crippen molar-refractivity contribution < 1.29 is 14.3 Å². The number of hydrogen-bond acceptors (Lipinski definition) is 4. The molecule has 0 saturated heterocycles. The van der Waals surface area contributed by atoms with E-state index in [1.54, 1.807) is 26.0 Å². The molecule has 0 aliphatic carbocycles. The fraction of sp³-hybridized carbons (Fsp3) is 0.333. The number of anilines is 1. The lowest BCUT2D eigenvalue weighted by Gasteiger charge is -2.18. The first-order valence-electron chi connectivity index (χ1n) is 6.07. The van der Waals surface area contributed by atoms with Gasteiger partial charge in [0.05, 0.1) is 5.56 Å². The highest BCUT2D eigenvalue weighted by atomic mass is 16.5. The van der Waals surface area contributed by atoms with Crippen molar-refractivity contribution in [1.82, 2.24) is 0 Å². The lowest BCUT2D eigenvalue weighted by atomic mass is 9.95. The van der Waals surface area contributed by atoms with E-state index in [4.69, 9.17) is 4.74 Å². The molecule has 1 aliphatic heterocycles. The molecule has 1 aliphatic rings. The van der Waals surface area contributed by atoms with Gasteiger partial charge in [0, 0.05) is 25.8 Å². The predicted molar refractivity (Wildman–Crippen MR) is 74.0 cm³/mol. The van der Waals surface area contributed by atoms with Crippen molar-refractivity contribution in [3.8, 4) is 5.75 Å². The van der Waals surface area contributed by atoms with Crippen LogP contribution in [0.5, 0.6) is 5.75 Å². The molecule has 0 spiro atoms. The summed E-state index contributed by atoms with van der Waals surface area (Å²) in [5, 5.41) is 0. The van der Waals surface area contributed by atoms with Crippen LogP contribution >= 0.6 is 0 Å². The summed E-state index contributed by atoms with van der Waals surface area (Å²) in [7, 11) is 3.85. The number of fused-ring (bicyclic) bond motifs is 1. The summed E-state index contributed by atoms with van der Waals surface area (Å²) in [4.78, 5) is 25.0. The van der Waals surface area contributed by atoms with Gasteiger partial charge in [-0.3, -0.25) is 9.59 Å². The van der Waals surface area contributed by atoms with Gasteiger partial charge in [-0.2, -0.15) is 0 Å². The third kappa shape index (κ3) is 2.26. The summed E-state index contributed by atoms with van der Waals surface area (Å²) < 4.78 is 5.76. The van der Waals surface area contributed by atoms with Crippen molar-refractivity contribution in [2.75, 3.05) is 19.0 Å². The number of hydrogen-bond donors (Lipinski definition) is 0.